The minimum absolute atomic E-state index is 0.416. The van der Waals surface area contributed by atoms with Crippen molar-refractivity contribution >= 4 is 21.5 Å². The van der Waals surface area contributed by atoms with Gasteiger partial charge in [0.25, 0.3) is 10.1 Å². The molecule has 5 nitrogen and oxygen atoms in total. The zero-order valence-electron chi connectivity index (χ0n) is 12.6. The summed E-state index contributed by atoms with van der Waals surface area (Å²) in [5.41, 5.74) is -2.60. The van der Waals surface area contributed by atoms with Crippen LogP contribution in [0.25, 0.3) is 4.85 Å². The normalized spacial score (nSPS) is 12.7. The van der Waals surface area contributed by atoms with Crippen LogP contribution in [0.2, 0.25) is 0 Å². The maximum Gasteiger partial charge on any atom is 0.407 e. The Morgan fingerprint density at radius 2 is 1.80 bits per heavy atom. The summed E-state index contributed by atoms with van der Waals surface area (Å²) < 4.78 is 103. The Labute approximate surface area is 139 Å². The number of rotatable bonds is 6. The first-order valence-electron chi connectivity index (χ1n) is 6.48. The number of nitrogens with zero attached hydrogens (tertiary/aromatic N) is 2. The van der Waals surface area contributed by atoms with E-state index >= 15 is 0 Å². The van der Waals surface area contributed by atoms with Gasteiger partial charge in [0, 0.05) is 12.2 Å². The Bertz CT molecular complexity index is 752. The molecular weight excluding hydrogens is 378 g/mol. The molecule has 140 valence electrons. The van der Waals surface area contributed by atoms with Gasteiger partial charge in [0.15, 0.2) is 5.69 Å². The smallest absolute Gasteiger partial charge is 0.360 e. The SMILES string of the molecule is [C-]#[N+]c1ccc(N(CCOS(C)(=O)=O)CC(F)(F)F)cc1C(F)(F)F. The summed E-state index contributed by atoms with van der Waals surface area (Å²) in [5.74, 6) is 0. The highest BCUT2D eigenvalue weighted by atomic mass is 32.2. The molecular formula is C13H12F6N2O3S. The highest BCUT2D eigenvalue weighted by Gasteiger charge is 2.35. The number of anilines is 1. The van der Waals surface area contributed by atoms with E-state index in [1.54, 1.807) is 0 Å². The number of benzene rings is 1. The lowest BCUT2D eigenvalue weighted by Gasteiger charge is -2.26. The van der Waals surface area contributed by atoms with Gasteiger partial charge in [-0.05, 0) is 12.1 Å². The van der Waals surface area contributed by atoms with Gasteiger partial charge in [0.05, 0.1) is 25.0 Å². The van der Waals surface area contributed by atoms with Crippen molar-refractivity contribution in [3.63, 3.8) is 0 Å². The molecule has 0 atom stereocenters. The van der Waals surface area contributed by atoms with Gasteiger partial charge in [-0.3, -0.25) is 4.18 Å². The first-order valence-corrected chi connectivity index (χ1v) is 8.29. The van der Waals surface area contributed by atoms with Crippen molar-refractivity contribution < 1.29 is 38.9 Å². The number of halogens is 6. The van der Waals surface area contributed by atoms with Gasteiger partial charge in [0.2, 0.25) is 0 Å². The molecule has 0 aliphatic rings. The molecule has 0 spiro atoms. The van der Waals surface area contributed by atoms with Gasteiger partial charge in [0.1, 0.15) is 6.54 Å². The number of hydrogen-bond donors (Lipinski definition) is 0. The van der Waals surface area contributed by atoms with Gasteiger partial charge < -0.3 is 4.90 Å². The van der Waals surface area contributed by atoms with E-state index in [2.05, 4.69) is 9.03 Å². The van der Waals surface area contributed by atoms with E-state index in [9.17, 15) is 34.8 Å². The Morgan fingerprint density at radius 3 is 2.24 bits per heavy atom. The van der Waals surface area contributed by atoms with E-state index in [1.807, 2.05) is 0 Å². The Hall–Kier alpha value is -2.00. The molecule has 0 heterocycles. The van der Waals surface area contributed by atoms with Crippen molar-refractivity contribution in [2.24, 2.45) is 0 Å². The molecule has 0 saturated carbocycles. The second-order valence-corrected chi connectivity index (χ2v) is 6.52. The predicted octanol–water partition coefficient (Wildman–Crippen LogP) is 3.60. The van der Waals surface area contributed by atoms with Gasteiger partial charge in [-0.15, -0.1) is 0 Å². The molecule has 0 fully saturated rings. The van der Waals surface area contributed by atoms with Crippen LogP contribution in [0.1, 0.15) is 5.56 Å². The van der Waals surface area contributed by atoms with E-state index in [0.29, 0.717) is 17.2 Å². The second kappa shape index (κ2) is 7.49. The lowest BCUT2D eigenvalue weighted by Crippen LogP contribution is -2.37. The van der Waals surface area contributed by atoms with E-state index in [-0.39, 0.29) is 0 Å². The van der Waals surface area contributed by atoms with Crippen LogP contribution in [0, 0.1) is 6.57 Å². The zero-order valence-corrected chi connectivity index (χ0v) is 13.5. The van der Waals surface area contributed by atoms with E-state index in [4.69, 9.17) is 6.57 Å². The molecule has 0 radical (unpaired) electrons. The molecule has 0 aliphatic carbocycles. The summed E-state index contributed by atoms with van der Waals surface area (Å²) in [6.07, 6.45) is -8.99. The molecule has 0 saturated heterocycles. The zero-order chi connectivity index (χ0) is 19.5. The molecule has 12 heteroatoms. The summed E-state index contributed by atoms with van der Waals surface area (Å²) >= 11 is 0. The van der Waals surface area contributed by atoms with Crippen LogP contribution in [-0.4, -0.2) is 40.5 Å². The third-order valence-corrected chi connectivity index (χ3v) is 3.39. The third-order valence-electron chi connectivity index (χ3n) is 2.80. The Morgan fingerprint density at radius 1 is 1.20 bits per heavy atom. The van der Waals surface area contributed by atoms with Gasteiger partial charge in [-0.2, -0.15) is 34.8 Å². The average Bonchev–Trinajstić information content (AvgIpc) is 2.42. The number of alkyl halides is 6. The van der Waals surface area contributed by atoms with Crippen LogP contribution < -0.4 is 4.90 Å². The van der Waals surface area contributed by atoms with Crippen LogP contribution in [0.3, 0.4) is 0 Å². The van der Waals surface area contributed by atoms with Crippen molar-refractivity contribution in [1.82, 2.24) is 0 Å². The minimum atomic E-state index is -4.93. The van der Waals surface area contributed by atoms with E-state index in [1.165, 1.54) is 0 Å². The fourth-order valence-electron chi connectivity index (χ4n) is 1.86. The topological polar surface area (TPSA) is 51.0 Å². The summed E-state index contributed by atoms with van der Waals surface area (Å²) in [5, 5.41) is 0. The van der Waals surface area contributed by atoms with Crippen molar-refractivity contribution in [3.8, 4) is 0 Å². The van der Waals surface area contributed by atoms with Gasteiger partial charge in [-0.25, -0.2) is 4.85 Å². The van der Waals surface area contributed by atoms with Gasteiger partial charge in [-0.1, -0.05) is 6.07 Å². The van der Waals surface area contributed by atoms with Crippen molar-refractivity contribution in [2.45, 2.75) is 12.4 Å². The number of hydrogen-bond acceptors (Lipinski definition) is 4. The van der Waals surface area contributed by atoms with E-state index < -0.39 is 59.1 Å². The summed E-state index contributed by atoms with van der Waals surface area (Å²) in [6, 6.07) is 2.10. The molecule has 0 bridgehead atoms. The minimum Gasteiger partial charge on any atom is -0.360 e. The maximum absolute atomic E-state index is 12.9. The van der Waals surface area contributed by atoms with Crippen LogP contribution in [0.4, 0.5) is 37.7 Å². The van der Waals surface area contributed by atoms with Crippen LogP contribution in [-0.2, 0) is 20.5 Å². The monoisotopic (exact) mass is 390 g/mol. The second-order valence-electron chi connectivity index (χ2n) is 4.87. The Kier molecular flexibility index (Phi) is 6.30. The van der Waals surface area contributed by atoms with Crippen molar-refractivity contribution in [3.05, 3.63) is 35.2 Å². The maximum atomic E-state index is 12.9. The standard InChI is InChI=1S/C13H12F6N2O3S/c1-20-11-4-3-9(7-10(11)13(17,18)19)21(8-12(14,15)16)5-6-24-25(2,22)23/h3-4,7H,5-6,8H2,2H3. The fourth-order valence-corrected chi connectivity index (χ4v) is 2.24. The lowest BCUT2D eigenvalue weighted by molar-refractivity contribution is -0.136. The summed E-state index contributed by atoms with van der Waals surface area (Å²) in [7, 11) is -3.92. The third kappa shape index (κ3) is 7.18. The molecule has 1 aromatic rings. The van der Waals surface area contributed by atoms with Crippen LogP contribution in [0.5, 0.6) is 0 Å². The molecule has 1 aromatic carbocycles. The lowest BCUT2D eigenvalue weighted by atomic mass is 10.1. The molecule has 1 rings (SSSR count). The first-order chi connectivity index (χ1) is 11.2. The molecule has 0 aromatic heterocycles. The molecule has 0 amide bonds. The molecule has 0 aliphatic heterocycles. The molecule has 25 heavy (non-hydrogen) atoms. The van der Waals surface area contributed by atoms with Crippen LogP contribution in [0.15, 0.2) is 18.2 Å². The fraction of sp³-hybridized carbons (Fsp3) is 0.462. The van der Waals surface area contributed by atoms with Gasteiger partial charge >= 0.3 is 12.4 Å². The predicted molar refractivity (Wildman–Crippen MR) is 76.8 cm³/mol. The highest BCUT2D eigenvalue weighted by Crippen LogP contribution is 2.39. The largest absolute Gasteiger partial charge is 0.407 e. The highest BCUT2D eigenvalue weighted by molar-refractivity contribution is 7.85. The quantitative estimate of drug-likeness (QED) is 0.423. The summed E-state index contributed by atoms with van der Waals surface area (Å²) in [4.78, 5) is 3.19. The Balaban J connectivity index is 3.19. The van der Waals surface area contributed by atoms with Crippen LogP contribution >= 0.6 is 0 Å². The van der Waals surface area contributed by atoms with E-state index in [0.717, 1.165) is 12.1 Å². The molecule has 0 unspecified atom stereocenters. The first kappa shape index (κ1) is 21.0. The molecule has 0 N–H and O–H groups in total. The van der Waals surface area contributed by atoms with Crippen molar-refractivity contribution in [1.29, 1.82) is 0 Å². The average molecular weight is 390 g/mol. The van der Waals surface area contributed by atoms with Crippen molar-refractivity contribution in [2.75, 3.05) is 30.9 Å². The summed E-state index contributed by atoms with van der Waals surface area (Å²) in [6.45, 7) is 3.79.